The third kappa shape index (κ3) is 4.65. The van der Waals surface area contributed by atoms with Crippen LogP contribution in [0.4, 0.5) is 0 Å². The lowest BCUT2D eigenvalue weighted by Crippen LogP contribution is -2.25. The Labute approximate surface area is 124 Å². The van der Waals surface area contributed by atoms with Gasteiger partial charge in [0.1, 0.15) is 0 Å². The summed E-state index contributed by atoms with van der Waals surface area (Å²) in [6, 6.07) is 7.57. The Balaban J connectivity index is 1.79. The Bertz CT molecular complexity index is 610. The van der Waals surface area contributed by atoms with Crippen LogP contribution in [0.2, 0.25) is 0 Å². The third-order valence-electron chi connectivity index (χ3n) is 3.33. The van der Waals surface area contributed by atoms with E-state index in [9.17, 15) is 4.79 Å². The minimum absolute atomic E-state index is 0.0286. The standard InChI is InChI=1S/C16H23N3O2/c1-2-3-11-21-12-9-17-8-10-19-15-7-5-4-6-14(15)16(20)13-18-19/h4-7,13,17H,2-3,8-12H2,1H3. The molecular weight excluding hydrogens is 266 g/mol. The zero-order chi connectivity index (χ0) is 14.9. The number of para-hydroxylation sites is 1. The predicted molar refractivity (Wildman–Crippen MR) is 84.6 cm³/mol. The Hall–Kier alpha value is -1.72. The summed E-state index contributed by atoms with van der Waals surface area (Å²) < 4.78 is 7.35. The van der Waals surface area contributed by atoms with Crippen LogP contribution in [0.1, 0.15) is 19.8 Å². The second-order valence-electron chi connectivity index (χ2n) is 4.97. The van der Waals surface area contributed by atoms with Crippen molar-refractivity contribution in [2.75, 3.05) is 26.3 Å². The highest BCUT2D eigenvalue weighted by atomic mass is 16.5. The molecule has 0 aliphatic carbocycles. The second kappa shape index (κ2) is 8.54. The molecule has 0 aliphatic rings. The molecule has 0 atom stereocenters. The van der Waals surface area contributed by atoms with E-state index in [2.05, 4.69) is 17.3 Å². The number of rotatable bonds is 9. The van der Waals surface area contributed by atoms with Crippen LogP contribution in [0.25, 0.3) is 10.9 Å². The highest BCUT2D eigenvalue weighted by Gasteiger charge is 2.02. The van der Waals surface area contributed by atoms with Gasteiger partial charge in [0.15, 0.2) is 0 Å². The molecule has 0 fully saturated rings. The van der Waals surface area contributed by atoms with Gasteiger partial charge in [0.2, 0.25) is 5.43 Å². The van der Waals surface area contributed by atoms with Gasteiger partial charge in [-0.3, -0.25) is 9.48 Å². The topological polar surface area (TPSA) is 56.1 Å². The van der Waals surface area contributed by atoms with E-state index in [0.29, 0.717) is 0 Å². The first-order chi connectivity index (χ1) is 10.3. The summed E-state index contributed by atoms with van der Waals surface area (Å²) in [4.78, 5) is 11.7. The van der Waals surface area contributed by atoms with Gasteiger partial charge in [-0.25, -0.2) is 0 Å². The molecule has 0 bridgehead atoms. The van der Waals surface area contributed by atoms with Crippen LogP contribution in [0.5, 0.6) is 0 Å². The van der Waals surface area contributed by atoms with Crippen LogP contribution < -0.4 is 10.7 Å². The number of hydrogen-bond acceptors (Lipinski definition) is 4. The minimum Gasteiger partial charge on any atom is -0.380 e. The van der Waals surface area contributed by atoms with Crippen molar-refractivity contribution in [2.24, 2.45) is 0 Å². The highest BCUT2D eigenvalue weighted by Crippen LogP contribution is 2.07. The predicted octanol–water partition coefficient (Wildman–Crippen LogP) is 1.80. The maximum Gasteiger partial charge on any atom is 0.207 e. The first-order valence-corrected chi connectivity index (χ1v) is 7.56. The van der Waals surface area contributed by atoms with Crippen LogP contribution in [-0.4, -0.2) is 36.1 Å². The molecule has 2 rings (SSSR count). The van der Waals surface area contributed by atoms with E-state index in [1.54, 1.807) is 0 Å². The Morgan fingerprint density at radius 1 is 1.24 bits per heavy atom. The lowest BCUT2D eigenvalue weighted by molar-refractivity contribution is 0.133. The number of unbranched alkanes of at least 4 members (excludes halogenated alkanes) is 1. The normalized spacial score (nSPS) is 11.1. The van der Waals surface area contributed by atoms with Crippen molar-refractivity contribution in [1.29, 1.82) is 0 Å². The molecule has 1 N–H and O–H groups in total. The number of aromatic nitrogens is 2. The quantitative estimate of drug-likeness (QED) is 0.715. The number of nitrogens with zero attached hydrogens (tertiary/aromatic N) is 2. The smallest absolute Gasteiger partial charge is 0.207 e. The van der Waals surface area contributed by atoms with Gasteiger partial charge in [0, 0.05) is 25.1 Å². The van der Waals surface area contributed by atoms with Gasteiger partial charge in [-0.2, -0.15) is 5.10 Å². The summed E-state index contributed by atoms with van der Waals surface area (Å²) in [5, 5.41) is 8.24. The monoisotopic (exact) mass is 289 g/mol. The van der Waals surface area contributed by atoms with Crippen molar-refractivity contribution in [1.82, 2.24) is 15.1 Å². The zero-order valence-electron chi connectivity index (χ0n) is 12.5. The molecule has 21 heavy (non-hydrogen) atoms. The van der Waals surface area contributed by atoms with Gasteiger partial charge < -0.3 is 10.1 Å². The summed E-state index contributed by atoms with van der Waals surface area (Å²) >= 11 is 0. The van der Waals surface area contributed by atoms with E-state index >= 15 is 0 Å². The summed E-state index contributed by atoms with van der Waals surface area (Å²) in [5.74, 6) is 0. The van der Waals surface area contributed by atoms with E-state index < -0.39 is 0 Å². The number of fused-ring (bicyclic) bond motifs is 1. The molecule has 0 unspecified atom stereocenters. The van der Waals surface area contributed by atoms with Crippen LogP contribution in [0.3, 0.4) is 0 Å². The average molecular weight is 289 g/mol. The Morgan fingerprint density at radius 3 is 2.95 bits per heavy atom. The molecule has 1 heterocycles. The van der Waals surface area contributed by atoms with Crippen molar-refractivity contribution >= 4 is 10.9 Å². The average Bonchev–Trinajstić information content (AvgIpc) is 2.52. The van der Waals surface area contributed by atoms with E-state index in [0.717, 1.165) is 50.2 Å². The van der Waals surface area contributed by atoms with Crippen molar-refractivity contribution < 1.29 is 4.74 Å². The number of benzene rings is 1. The Morgan fingerprint density at radius 2 is 2.10 bits per heavy atom. The molecule has 0 saturated carbocycles. The fourth-order valence-corrected chi connectivity index (χ4v) is 2.14. The van der Waals surface area contributed by atoms with Crippen LogP contribution in [-0.2, 0) is 11.3 Å². The first-order valence-electron chi connectivity index (χ1n) is 7.56. The van der Waals surface area contributed by atoms with E-state index in [4.69, 9.17) is 4.74 Å². The zero-order valence-corrected chi connectivity index (χ0v) is 12.5. The van der Waals surface area contributed by atoms with E-state index in [-0.39, 0.29) is 5.43 Å². The van der Waals surface area contributed by atoms with Crippen LogP contribution in [0.15, 0.2) is 35.3 Å². The van der Waals surface area contributed by atoms with Crippen molar-refractivity contribution in [3.63, 3.8) is 0 Å². The lowest BCUT2D eigenvalue weighted by atomic mass is 10.2. The minimum atomic E-state index is -0.0286. The summed E-state index contributed by atoms with van der Waals surface area (Å²) in [6.45, 7) is 6.10. The van der Waals surface area contributed by atoms with Gasteiger partial charge >= 0.3 is 0 Å². The maximum absolute atomic E-state index is 11.7. The fourth-order valence-electron chi connectivity index (χ4n) is 2.14. The highest BCUT2D eigenvalue weighted by molar-refractivity contribution is 5.77. The molecule has 5 heteroatoms. The molecule has 0 aliphatic heterocycles. The lowest BCUT2D eigenvalue weighted by Gasteiger charge is -2.10. The third-order valence-corrected chi connectivity index (χ3v) is 3.33. The molecule has 0 spiro atoms. The molecule has 114 valence electrons. The number of hydrogen-bond donors (Lipinski definition) is 1. The molecular formula is C16H23N3O2. The molecule has 5 nitrogen and oxygen atoms in total. The summed E-state index contributed by atoms with van der Waals surface area (Å²) in [5.41, 5.74) is 0.852. The molecule has 0 amide bonds. The molecule has 0 saturated heterocycles. The number of ether oxygens (including phenoxy) is 1. The molecule has 0 radical (unpaired) electrons. The van der Waals surface area contributed by atoms with Gasteiger partial charge in [-0.15, -0.1) is 0 Å². The summed E-state index contributed by atoms with van der Waals surface area (Å²) in [7, 11) is 0. The van der Waals surface area contributed by atoms with Gasteiger partial charge in [0.25, 0.3) is 0 Å². The van der Waals surface area contributed by atoms with Gasteiger partial charge in [0.05, 0.1) is 24.9 Å². The van der Waals surface area contributed by atoms with E-state index in [1.165, 1.54) is 12.6 Å². The van der Waals surface area contributed by atoms with Gasteiger partial charge in [-0.1, -0.05) is 25.5 Å². The van der Waals surface area contributed by atoms with Crippen LogP contribution in [0, 0.1) is 0 Å². The molecule has 2 aromatic rings. The van der Waals surface area contributed by atoms with Crippen molar-refractivity contribution in [3.05, 3.63) is 40.7 Å². The maximum atomic E-state index is 11.7. The van der Waals surface area contributed by atoms with E-state index in [1.807, 2.05) is 28.9 Å². The summed E-state index contributed by atoms with van der Waals surface area (Å²) in [6.07, 6.45) is 3.67. The molecule has 1 aromatic heterocycles. The van der Waals surface area contributed by atoms with Crippen LogP contribution >= 0.6 is 0 Å². The number of nitrogens with one attached hydrogen (secondary N) is 1. The fraction of sp³-hybridized carbons (Fsp3) is 0.500. The van der Waals surface area contributed by atoms with Gasteiger partial charge in [-0.05, 0) is 18.6 Å². The van der Waals surface area contributed by atoms with Crippen molar-refractivity contribution in [2.45, 2.75) is 26.3 Å². The molecule has 1 aromatic carbocycles. The van der Waals surface area contributed by atoms with Crippen molar-refractivity contribution in [3.8, 4) is 0 Å². The Kier molecular flexibility index (Phi) is 6.37. The largest absolute Gasteiger partial charge is 0.380 e. The second-order valence-corrected chi connectivity index (χ2v) is 4.97. The SMILES string of the molecule is CCCCOCCNCCn1ncc(=O)c2ccccc21. The first kappa shape index (κ1) is 15.7.